The summed E-state index contributed by atoms with van der Waals surface area (Å²) in [5, 5.41) is 11.5. The molecule has 0 radical (unpaired) electrons. The van der Waals surface area contributed by atoms with Gasteiger partial charge in [-0.2, -0.15) is 10.3 Å². The number of nitrogens with zero attached hydrogens (tertiary/aromatic N) is 4. The number of methoxy groups -OCH3 is 1. The van der Waals surface area contributed by atoms with Crippen molar-refractivity contribution < 1.29 is 14.3 Å². The number of imide groups is 1. The van der Waals surface area contributed by atoms with E-state index in [9.17, 15) is 14.9 Å². The predicted molar refractivity (Wildman–Crippen MR) is 101 cm³/mol. The fourth-order valence-electron chi connectivity index (χ4n) is 2.42. The number of carbonyl (C=O) groups excluding carboxylic acids is 2. The van der Waals surface area contributed by atoms with Crippen LogP contribution in [0.25, 0.3) is 11.4 Å². The second-order valence-corrected chi connectivity index (χ2v) is 5.77. The maximum Gasteiger partial charge on any atom is 0.275 e. The number of anilines is 1. The fraction of sp³-hybridized carbons (Fsp3) is 0.111. The van der Waals surface area contributed by atoms with Crippen LogP contribution in [0.4, 0.5) is 5.82 Å². The van der Waals surface area contributed by atoms with Crippen LogP contribution in [0.5, 0.6) is 5.75 Å². The van der Waals surface area contributed by atoms with Gasteiger partial charge in [0.2, 0.25) is 0 Å². The number of hydrazine groups is 1. The number of hydrogen-bond acceptors (Lipinski definition) is 8. The maximum atomic E-state index is 12.1. The van der Waals surface area contributed by atoms with Crippen molar-refractivity contribution in [2.24, 2.45) is 0 Å². The smallest absolute Gasteiger partial charge is 0.275 e. The number of hydrogen-bond donors (Lipinski definition) is 1. The van der Waals surface area contributed by atoms with Gasteiger partial charge in [-0.25, -0.2) is 9.97 Å². The maximum absolute atomic E-state index is 12.1. The lowest BCUT2D eigenvalue weighted by molar-refractivity contribution is -0.135. The van der Waals surface area contributed by atoms with Crippen molar-refractivity contribution in [2.45, 2.75) is 6.92 Å². The molecule has 0 unspecified atom stereocenters. The Morgan fingerprint density at radius 3 is 2.48 bits per heavy atom. The number of thiocarbonyl (C=S) groups is 1. The molecule has 1 aliphatic rings. The quantitative estimate of drug-likeness (QED) is 0.621. The Bertz CT molecular complexity index is 1020. The van der Waals surface area contributed by atoms with Crippen molar-refractivity contribution in [1.82, 2.24) is 15.0 Å². The van der Waals surface area contributed by atoms with Crippen molar-refractivity contribution in [2.75, 3.05) is 12.5 Å². The highest BCUT2D eigenvalue weighted by atomic mass is 32.1. The van der Waals surface area contributed by atoms with Gasteiger partial charge < -0.3 is 4.74 Å². The molecule has 0 saturated carbocycles. The van der Waals surface area contributed by atoms with Crippen LogP contribution >= 0.6 is 12.2 Å². The van der Waals surface area contributed by atoms with Crippen molar-refractivity contribution in [3.05, 3.63) is 47.2 Å². The Hall–Kier alpha value is -3.64. The van der Waals surface area contributed by atoms with Crippen LogP contribution in [-0.4, -0.2) is 39.3 Å². The monoisotopic (exact) mass is 379 g/mol. The average Bonchev–Trinajstić information content (AvgIpc) is 2.93. The first-order chi connectivity index (χ1) is 13.0. The minimum Gasteiger partial charge on any atom is -0.497 e. The zero-order valence-electron chi connectivity index (χ0n) is 14.4. The van der Waals surface area contributed by atoms with Crippen LogP contribution in [0.3, 0.4) is 0 Å². The largest absolute Gasteiger partial charge is 0.497 e. The molecule has 134 valence electrons. The summed E-state index contributed by atoms with van der Waals surface area (Å²) in [5.74, 6) is -0.110. The molecule has 8 nitrogen and oxygen atoms in total. The number of ether oxygens (including phenoxy) is 1. The third-order valence-corrected chi connectivity index (χ3v) is 4.05. The van der Waals surface area contributed by atoms with E-state index in [1.54, 1.807) is 31.4 Å². The normalized spacial score (nSPS) is 13.2. The number of carbonyl (C=O) groups is 2. The second-order valence-electron chi connectivity index (χ2n) is 5.53. The molecule has 2 aromatic rings. The molecular formula is C18H13N5O3S. The summed E-state index contributed by atoms with van der Waals surface area (Å²) in [5.41, 5.74) is 3.79. The lowest BCUT2D eigenvalue weighted by Gasteiger charge is -2.18. The van der Waals surface area contributed by atoms with E-state index < -0.39 is 11.8 Å². The van der Waals surface area contributed by atoms with Gasteiger partial charge in [0.1, 0.15) is 17.4 Å². The summed E-state index contributed by atoms with van der Waals surface area (Å²) in [7, 11) is 1.56. The Morgan fingerprint density at radius 2 is 1.96 bits per heavy atom. The highest BCUT2D eigenvalue weighted by Crippen LogP contribution is 2.25. The zero-order chi connectivity index (χ0) is 19.6. The molecule has 1 aliphatic heterocycles. The number of nitriles is 1. The molecule has 1 aromatic heterocycles. The van der Waals surface area contributed by atoms with E-state index in [0.717, 1.165) is 5.01 Å². The third-order valence-electron chi connectivity index (χ3n) is 3.83. The Balaban J connectivity index is 2.06. The zero-order valence-corrected chi connectivity index (χ0v) is 15.2. The topological polar surface area (TPSA) is 108 Å². The highest BCUT2D eigenvalue weighted by Gasteiger charge is 2.30. The average molecular weight is 379 g/mol. The van der Waals surface area contributed by atoms with Crippen molar-refractivity contribution in [1.29, 1.82) is 5.26 Å². The lowest BCUT2D eigenvalue weighted by atomic mass is 10.1. The molecule has 0 atom stereocenters. The highest BCUT2D eigenvalue weighted by molar-refractivity contribution is 7.79. The van der Waals surface area contributed by atoms with Crippen LogP contribution in [0.2, 0.25) is 0 Å². The number of rotatable bonds is 5. The molecule has 0 fully saturated rings. The molecule has 0 spiro atoms. The van der Waals surface area contributed by atoms with Gasteiger partial charge in [-0.15, -0.1) is 0 Å². The van der Waals surface area contributed by atoms with E-state index in [-0.39, 0.29) is 28.5 Å². The van der Waals surface area contributed by atoms with Crippen LogP contribution in [-0.2, 0) is 9.59 Å². The number of nitrogens with one attached hydrogen (secondary N) is 1. The van der Waals surface area contributed by atoms with Gasteiger partial charge >= 0.3 is 0 Å². The van der Waals surface area contributed by atoms with E-state index in [2.05, 4.69) is 15.4 Å². The number of benzene rings is 1. The molecule has 3 rings (SSSR count). The summed E-state index contributed by atoms with van der Waals surface area (Å²) >= 11 is 4.96. The molecule has 1 N–H and O–H groups in total. The molecule has 9 heteroatoms. The van der Waals surface area contributed by atoms with Crippen molar-refractivity contribution in [3.63, 3.8) is 0 Å². The minimum absolute atomic E-state index is 0.0132. The second kappa shape index (κ2) is 7.31. The fourth-order valence-corrected chi connectivity index (χ4v) is 2.59. The van der Waals surface area contributed by atoms with Crippen molar-refractivity contribution in [3.8, 4) is 23.2 Å². The summed E-state index contributed by atoms with van der Waals surface area (Å²) in [6.45, 7) is 1.53. The Kier molecular flexibility index (Phi) is 4.92. The summed E-state index contributed by atoms with van der Waals surface area (Å²) < 4.78 is 5.13. The molecule has 0 aliphatic carbocycles. The number of amides is 2. The van der Waals surface area contributed by atoms with E-state index in [0.29, 0.717) is 11.3 Å². The molecular weight excluding hydrogens is 366 g/mol. The Morgan fingerprint density at radius 1 is 1.26 bits per heavy atom. The lowest BCUT2D eigenvalue weighted by Crippen LogP contribution is -2.37. The first-order valence-corrected chi connectivity index (χ1v) is 8.20. The first-order valence-electron chi connectivity index (χ1n) is 7.73. The van der Waals surface area contributed by atoms with E-state index in [1.807, 2.05) is 6.07 Å². The SMILES string of the molecule is COc1ccc(-c2nc(C=S)c(C#N)c(NN3C(=O)C=C(C)C3=O)n2)cc1. The molecule has 27 heavy (non-hydrogen) atoms. The molecule has 2 amide bonds. The standard InChI is InChI=1S/C18H13N5O3S/c1-10-7-15(24)23(18(10)25)22-17-13(8-19)14(9-27)20-16(21-17)11-3-5-12(26-2)6-4-11/h3-7,9H,1-2H3,(H,20,21,22). The number of aromatic nitrogens is 2. The molecule has 0 saturated heterocycles. The van der Waals surface area contributed by atoms with Gasteiger partial charge in [0.25, 0.3) is 11.8 Å². The predicted octanol–water partition coefficient (Wildman–Crippen LogP) is 2.01. The van der Waals surface area contributed by atoms with E-state index in [4.69, 9.17) is 17.0 Å². The van der Waals surface area contributed by atoms with Gasteiger partial charge in [-0.3, -0.25) is 15.0 Å². The Labute approximate surface area is 160 Å². The first kappa shape index (κ1) is 18.2. The van der Waals surface area contributed by atoms with Gasteiger partial charge in [0.05, 0.1) is 12.8 Å². The van der Waals surface area contributed by atoms with Crippen LogP contribution < -0.4 is 10.2 Å². The van der Waals surface area contributed by atoms with Crippen LogP contribution in [0, 0.1) is 11.3 Å². The van der Waals surface area contributed by atoms with Gasteiger partial charge in [-0.05, 0) is 31.2 Å². The van der Waals surface area contributed by atoms with Crippen molar-refractivity contribution >= 4 is 35.2 Å². The third kappa shape index (κ3) is 3.38. The van der Waals surface area contributed by atoms with E-state index >= 15 is 0 Å². The molecule has 2 heterocycles. The van der Waals surface area contributed by atoms with Gasteiger partial charge in [-0.1, -0.05) is 12.2 Å². The summed E-state index contributed by atoms with van der Waals surface area (Å²) in [6, 6.07) is 8.92. The van der Waals surface area contributed by atoms with Gasteiger partial charge in [0.15, 0.2) is 11.6 Å². The van der Waals surface area contributed by atoms with Crippen LogP contribution in [0.1, 0.15) is 18.2 Å². The van der Waals surface area contributed by atoms with E-state index in [1.165, 1.54) is 18.4 Å². The summed E-state index contributed by atoms with van der Waals surface area (Å²) in [6.07, 6.45) is 1.20. The minimum atomic E-state index is -0.546. The van der Waals surface area contributed by atoms with Gasteiger partial charge in [0, 0.05) is 22.6 Å². The molecule has 0 bridgehead atoms. The summed E-state index contributed by atoms with van der Waals surface area (Å²) in [4.78, 5) is 32.7. The molecule has 1 aromatic carbocycles. The van der Waals surface area contributed by atoms with Crippen LogP contribution in [0.15, 0.2) is 35.9 Å².